The lowest BCUT2D eigenvalue weighted by Crippen LogP contribution is -2.16. The SMILES string of the molecule is CCOC(=O)c1sc(-c2ccc(Br)cc2)cc1NC(=O)CSc1nc2ccccc2[nH]1. The minimum Gasteiger partial charge on any atom is -0.462 e. The summed E-state index contributed by atoms with van der Waals surface area (Å²) in [5.74, 6) is -0.516. The first-order valence-corrected chi connectivity index (χ1v) is 12.1. The molecule has 0 unspecified atom stereocenters. The third kappa shape index (κ3) is 5.17. The van der Waals surface area contributed by atoms with Crippen LogP contribution in [-0.2, 0) is 9.53 Å². The van der Waals surface area contributed by atoms with E-state index < -0.39 is 5.97 Å². The lowest BCUT2D eigenvalue weighted by molar-refractivity contribution is -0.113. The van der Waals surface area contributed by atoms with E-state index in [1.165, 1.54) is 23.1 Å². The minimum absolute atomic E-state index is 0.158. The molecule has 9 heteroatoms. The number of hydrogen-bond acceptors (Lipinski definition) is 6. The third-order valence-corrected chi connectivity index (χ3v) is 6.87. The number of nitrogens with one attached hydrogen (secondary N) is 2. The van der Waals surface area contributed by atoms with Crippen LogP contribution >= 0.6 is 39.0 Å². The topological polar surface area (TPSA) is 84.1 Å². The monoisotopic (exact) mass is 515 g/mol. The van der Waals surface area contributed by atoms with Gasteiger partial charge in [0.1, 0.15) is 4.88 Å². The number of nitrogens with zero attached hydrogens (tertiary/aromatic N) is 1. The van der Waals surface area contributed by atoms with E-state index in [1.54, 1.807) is 6.92 Å². The number of H-pyrrole nitrogens is 1. The van der Waals surface area contributed by atoms with Gasteiger partial charge in [0.2, 0.25) is 5.91 Å². The molecule has 0 radical (unpaired) electrons. The lowest BCUT2D eigenvalue weighted by Gasteiger charge is -2.05. The molecule has 0 aliphatic carbocycles. The number of thiophene rings is 1. The first-order chi connectivity index (χ1) is 15.0. The summed E-state index contributed by atoms with van der Waals surface area (Å²) in [7, 11) is 0. The molecule has 2 aromatic carbocycles. The molecule has 0 spiro atoms. The minimum atomic E-state index is -0.448. The maximum absolute atomic E-state index is 12.6. The highest BCUT2D eigenvalue weighted by Crippen LogP contribution is 2.36. The predicted molar refractivity (Wildman–Crippen MR) is 129 cm³/mol. The molecule has 4 aromatic rings. The number of hydrogen-bond donors (Lipinski definition) is 2. The van der Waals surface area contributed by atoms with E-state index in [-0.39, 0.29) is 18.3 Å². The van der Waals surface area contributed by atoms with Gasteiger partial charge in [0.15, 0.2) is 5.16 Å². The van der Waals surface area contributed by atoms with Crippen LogP contribution in [0.2, 0.25) is 0 Å². The summed E-state index contributed by atoms with van der Waals surface area (Å²) in [4.78, 5) is 33.9. The Bertz CT molecular complexity index is 1200. The normalized spacial score (nSPS) is 10.9. The Kier molecular flexibility index (Phi) is 6.74. The van der Waals surface area contributed by atoms with Crippen LogP contribution < -0.4 is 5.32 Å². The fourth-order valence-corrected chi connectivity index (χ4v) is 4.87. The van der Waals surface area contributed by atoms with Crippen molar-refractivity contribution in [3.63, 3.8) is 0 Å². The average molecular weight is 516 g/mol. The van der Waals surface area contributed by atoms with Crippen LogP contribution in [0.1, 0.15) is 16.6 Å². The Morgan fingerprint density at radius 3 is 2.71 bits per heavy atom. The molecule has 0 atom stereocenters. The van der Waals surface area contributed by atoms with Crippen LogP contribution in [0.5, 0.6) is 0 Å². The van der Waals surface area contributed by atoms with Gasteiger partial charge < -0.3 is 15.0 Å². The standard InChI is InChI=1S/C22H18BrN3O3S2/c1-2-29-21(28)20-17(11-18(31-20)13-7-9-14(23)10-8-13)24-19(27)12-30-22-25-15-5-3-4-6-16(15)26-22/h3-11H,2,12H2,1H3,(H,24,27)(H,25,26). The second kappa shape index (κ2) is 9.67. The third-order valence-electron chi connectivity index (χ3n) is 4.30. The number of halogens is 1. The number of amides is 1. The molecule has 2 heterocycles. The molecule has 0 saturated heterocycles. The number of ether oxygens (including phenoxy) is 1. The molecule has 0 aliphatic heterocycles. The molecule has 2 aromatic heterocycles. The van der Waals surface area contributed by atoms with E-state index >= 15 is 0 Å². The number of benzene rings is 2. The summed E-state index contributed by atoms with van der Waals surface area (Å²) < 4.78 is 6.14. The van der Waals surface area contributed by atoms with Crippen molar-refractivity contribution in [3.05, 3.63) is 63.9 Å². The molecule has 1 amide bonds. The van der Waals surface area contributed by atoms with Crippen LogP contribution in [0.3, 0.4) is 0 Å². The van der Waals surface area contributed by atoms with Gasteiger partial charge in [-0.2, -0.15) is 0 Å². The van der Waals surface area contributed by atoms with Crippen molar-refractivity contribution in [3.8, 4) is 10.4 Å². The average Bonchev–Trinajstić information content (AvgIpc) is 3.37. The summed E-state index contributed by atoms with van der Waals surface area (Å²) in [6.07, 6.45) is 0. The van der Waals surface area contributed by atoms with Crippen molar-refractivity contribution < 1.29 is 14.3 Å². The highest BCUT2D eigenvalue weighted by Gasteiger charge is 2.20. The number of carbonyl (C=O) groups excluding carboxylic acids is 2. The first-order valence-electron chi connectivity index (χ1n) is 9.48. The van der Waals surface area contributed by atoms with Crippen molar-refractivity contribution >= 4 is 67.6 Å². The predicted octanol–water partition coefficient (Wildman–Crippen LogP) is 5.96. The Morgan fingerprint density at radius 2 is 1.97 bits per heavy atom. The molecule has 2 N–H and O–H groups in total. The van der Waals surface area contributed by atoms with Gasteiger partial charge in [-0.15, -0.1) is 11.3 Å². The number of imidazole rings is 1. The van der Waals surface area contributed by atoms with Gasteiger partial charge in [-0.3, -0.25) is 4.79 Å². The number of para-hydroxylation sites is 2. The molecule has 0 aliphatic rings. The number of aromatic amines is 1. The number of carbonyl (C=O) groups is 2. The van der Waals surface area contributed by atoms with Crippen LogP contribution in [0.15, 0.2) is 64.2 Å². The molecule has 0 bridgehead atoms. The molecular formula is C22H18BrN3O3S2. The molecule has 158 valence electrons. The summed E-state index contributed by atoms with van der Waals surface area (Å²) >= 11 is 6.03. The maximum Gasteiger partial charge on any atom is 0.350 e. The van der Waals surface area contributed by atoms with Crippen molar-refractivity contribution in [2.45, 2.75) is 12.1 Å². The van der Waals surface area contributed by atoms with Crippen molar-refractivity contribution in [1.82, 2.24) is 9.97 Å². The van der Waals surface area contributed by atoms with E-state index in [2.05, 4.69) is 31.2 Å². The van der Waals surface area contributed by atoms with E-state index in [0.29, 0.717) is 15.7 Å². The van der Waals surface area contributed by atoms with Gasteiger partial charge in [-0.1, -0.05) is 52.0 Å². The highest BCUT2D eigenvalue weighted by molar-refractivity contribution is 9.10. The van der Waals surface area contributed by atoms with Gasteiger partial charge in [0, 0.05) is 9.35 Å². The zero-order chi connectivity index (χ0) is 21.8. The quantitative estimate of drug-likeness (QED) is 0.234. The van der Waals surface area contributed by atoms with E-state index in [4.69, 9.17) is 4.74 Å². The number of thioether (sulfide) groups is 1. The number of fused-ring (bicyclic) bond motifs is 1. The van der Waals surface area contributed by atoms with Gasteiger partial charge in [0.05, 0.1) is 29.1 Å². The number of rotatable bonds is 7. The molecule has 4 rings (SSSR count). The van der Waals surface area contributed by atoms with E-state index in [1.807, 2.05) is 54.6 Å². The first kappa shape index (κ1) is 21.6. The van der Waals surface area contributed by atoms with E-state index in [9.17, 15) is 9.59 Å². The Balaban J connectivity index is 1.50. The Morgan fingerprint density at radius 1 is 1.19 bits per heavy atom. The van der Waals surface area contributed by atoms with Crippen molar-refractivity contribution in [1.29, 1.82) is 0 Å². The van der Waals surface area contributed by atoms with E-state index in [0.717, 1.165) is 25.9 Å². The highest BCUT2D eigenvalue weighted by atomic mass is 79.9. The van der Waals surface area contributed by atoms with Gasteiger partial charge in [-0.05, 0) is 42.8 Å². The van der Waals surface area contributed by atoms with Gasteiger partial charge in [0.25, 0.3) is 0 Å². The molecular weight excluding hydrogens is 498 g/mol. The summed E-state index contributed by atoms with van der Waals surface area (Å²) in [6, 6.07) is 17.3. The number of aromatic nitrogens is 2. The zero-order valence-electron chi connectivity index (χ0n) is 16.5. The van der Waals surface area contributed by atoms with Crippen LogP contribution in [0, 0.1) is 0 Å². The second-order valence-corrected chi connectivity index (χ2v) is 9.41. The molecule has 0 saturated carbocycles. The van der Waals surface area contributed by atoms with Crippen LogP contribution in [0.4, 0.5) is 5.69 Å². The Hall–Kier alpha value is -2.62. The largest absolute Gasteiger partial charge is 0.462 e. The summed E-state index contributed by atoms with van der Waals surface area (Å²) in [5, 5.41) is 3.52. The molecule has 6 nitrogen and oxygen atoms in total. The maximum atomic E-state index is 12.6. The second-order valence-electron chi connectivity index (χ2n) is 6.48. The summed E-state index contributed by atoms with van der Waals surface area (Å²) in [6.45, 7) is 2.02. The smallest absolute Gasteiger partial charge is 0.350 e. The fourth-order valence-electron chi connectivity index (χ4n) is 2.91. The zero-order valence-corrected chi connectivity index (χ0v) is 19.7. The summed E-state index contributed by atoms with van der Waals surface area (Å²) in [5.41, 5.74) is 3.19. The van der Waals surface area contributed by atoms with Gasteiger partial charge in [-0.25, -0.2) is 9.78 Å². The number of esters is 1. The Labute approximate surface area is 195 Å². The van der Waals surface area contributed by atoms with Crippen LogP contribution in [0.25, 0.3) is 21.5 Å². The molecule has 0 fully saturated rings. The lowest BCUT2D eigenvalue weighted by atomic mass is 10.2. The van der Waals surface area contributed by atoms with Gasteiger partial charge >= 0.3 is 5.97 Å². The fraction of sp³-hybridized carbons (Fsp3) is 0.136. The molecule has 31 heavy (non-hydrogen) atoms. The van der Waals surface area contributed by atoms with Crippen molar-refractivity contribution in [2.75, 3.05) is 17.7 Å². The number of anilines is 1. The van der Waals surface area contributed by atoms with Crippen molar-refractivity contribution in [2.24, 2.45) is 0 Å². The van der Waals surface area contributed by atoms with Crippen LogP contribution in [-0.4, -0.2) is 34.2 Å².